The van der Waals surface area contributed by atoms with E-state index in [0.717, 1.165) is 38.8 Å². The molecular formula is C43H63N3O4Si. The van der Waals surface area contributed by atoms with E-state index in [1.54, 1.807) is 21.3 Å². The van der Waals surface area contributed by atoms with E-state index in [1.807, 2.05) is 0 Å². The Labute approximate surface area is 309 Å². The molecule has 2 aromatic rings. The number of amides is 1. The third-order valence-electron chi connectivity index (χ3n) is 10.7. The molecule has 2 aliphatic heterocycles. The third-order valence-corrected chi connectivity index (χ3v) is 13.6. The van der Waals surface area contributed by atoms with E-state index >= 15 is 0 Å². The van der Waals surface area contributed by atoms with Gasteiger partial charge < -0.3 is 28.4 Å². The number of allylic oxidation sites excluding steroid dienone is 7. The lowest BCUT2D eigenvalue weighted by molar-refractivity contribution is -0.121. The average molecular weight is 714 g/mol. The largest absolute Gasteiger partial charge is 0.500 e. The summed E-state index contributed by atoms with van der Waals surface area (Å²) < 4.78 is 16.4. The number of carbonyl (C=O) groups excluding carboxylic acids is 1. The van der Waals surface area contributed by atoms with Crippen LogP contribution in [0.3, 0.4) is 0 Å². The zero-order valence-electron chi connectivity index (χ0n) is 32.5. The highest BCUT2D eigenvalue weighted by Crippen LogP contribution is 2.48. The highest BCUT2D eigenvalue weighted by Gasteiger charge is 2.42. The lowest BCUT2D eigenvalue weighted by atomic mass is 9.80. The Balaban J connectivity index is 1.31. The molecule has 1 unspecified atom stereocenters. The quantitative estimate of drug-likeness (QED) is 0.0839. The van der Waals surface area contributed by atoms with Crippen LogP contribution in [0.15, 0.2) is 96.8 Å². The number of benzene rings is 2. The minimum atomic E-state index is -2.59. The van der Waals surface area contributed by atoms with Gasteiger partial charge in [0.25, 0.3) is 0 Å². The molecular weight excluding hydrogens is 651 g/mol. The number of hydrogen-bond acceptors (Lipinski definition) is 6. The van der Waals surface area contributed by atoms with Gasteiger partial charge in [0, 0.05) is 81.3 Å². The van der Waals surface area contributed by atoms with Crippen molar-refractivity contribution in [2.24, 2.45) is 0 Å². The molecule has 0 spiro atoms. The van der Waals surface area contributed by atoms with Crippen LogP contribution in [0.4, 0.5) is 11.4 Å². The van der Waals surface area contributed by atoms with E-state index < -0.39 is 8.80 Å². The van der Waals surface area contributed by atoms with Gasteiger partial charge in [-0.15, -0.1) is 0 Å². The van der Waals surface area contributed by atoms with Crippen molar-refractivity contribution in [3.63, 3.8) is 0 Å². The summed E-state index contributed by atoms with van der Waals surface area (Å²) in [4.78, 5) is 17.5. The highest BCUT2D eigenvalue weighted by molar-refractivity contribution is 6.60. The monoisotopic (exact) mass is 713 g/mol. The molecule has 1 atom stereocenters. The van der Waals surface area contributed by atoms with Gasteiger partial charge in [0.15, 0.2) is 0 Å². The van der Waals surface area contributed by atoms with E-state index in [0.29, 0.717) is 25.1 Å². The van der Waals surface area contributed by atoms with Crippen LogP contribution < -0.4 is 15.1 Å². The van der Waals surface area contributed by atoms with Crippen molar-refractivity contribution in [1.29, 1.82) is 0 Å². The smallest absolute Gasteiger partial charge is 0.377 e. The van der Waals surface area contributed by atoms with Crippen molar-refractivity contribution in [2.75, 3.05) is 50.8 Å². The third kappa shape index (κ3) is 9.72. The summed E-state index contributed by atoms with van der Waals surface area (Å²) in [5, 5.41) is 3.04. The Morgan fingerprint density at radius 1 is 0.784 bits per heavy atom. The van der Waals surface area contributed by atoms with Crippen LogP contribution in [-0.4, -0.2) is 61.7 Å². The second kappa shape index (κ2) is 18.9. The Morgan fingerprint density at radius 2 is 1.43 bits per heavy atom. The van der Waals surface area contributed by atoms with Gasteiger partial charge in [0.1, 0.15) is 0 Å². The SMILES string of the molecule is CCCCN1c2ccccc2C(C)(C)C1/C=C/C=C/C=C/C=C1/N(CCCCCC(=O)NCCC[Si](OC)(OC)OC)c2ccccc2C1(C)C. The molecule has 0 bridgehead atoms. The van der Waals surface area contributed by atoms with E-state index in [1.165, 1.54) is 41.0 Å². The lowest BCUT2D eigenvalue weighted by Gasteiger charge is -2.32. The number of hydrogen-bond donors (Lipinski definition) is 1. The number of nitrogens with one attached hydrogen (secondary N) is 1. The van der Waals surface area contributed by atoms with Crippen LogP contribution in [0.2, 0.25) is 6.04 Å². The van der Waals surface area contributed by atoms with Crippen LogP contribution in [0.5, 0.6) is 0 Å². The fraction of sp³-hybridized carbons (Fsp3) is 0.512. The highest BCUT2D eigenvalue weighted by atomic mass is 28.4. The number of unbranched alkanes of at least 4 members (excludes halogenated alkanes) is 3. The van der Waals surface area contributed by atoms with Gasteiger partial charge >= 0.3 is 8.80 Å². The zero-order valence-corrected chi connectivity index (χ0v) is 33.5. The van der Waals surface area contributed by atoms with Crippen molar-refractivity contribution in [3.8, 4) is 0 Å². The van der Waals surface area contributed by atoms with Crippen LogP contribution in [0.25, 0.3) is 0 Å². The van der Waals surface area contributed by atoms with Gasteiger partial charge in [0.2, 0.25) is 5.91 Å². The van der Waals surface area contributed by atoms with Crippen molar-refractivity contribution < 1.29 is 18.1 Å². The van der Waals surface area contributed by atoms with Crippen LogP contribution in [0, 0.1) is 0 Å². The standard InChI is InChI=1S/C43H63N3O4Si/c1-9-10-32-45-37-26-20-18-24-35(37)42(2,3)39(45)28-15-12-11-13-16-29-40-43(4,5)36-25-19-21-27-38(36)46(40)33-22-14-17-30-41(47)44-31-23-34-51(48-6,49-7)50-8/h11-13,15-16,18-21,24-29,39H,9-10,14,17,22-23,30-34H2,1-8H3,(H,44,47)/b12-11+,16-13+,28-15+,40-29+. The molecule has 0 radical (unpaired) electrons. The van der Waals surface area contributed by atoms with Gasteiger partial charge in [0.05, 0.1) is 6.04 Å². The van der Waals surface area contributed by atoms with Crippen LogP contribution in [0.1, 0.15) is 90.7 Å². The minimum absolute atomic E-state index is 0.0580. The van der Waals surface area contributed by atoms with E-state index in [-0.39, 0.29) is 16.7 Å². The van der Waals surface area contributed by atoms with E-state index in [2.05, 4.69) is 141 Å². The number of carbonyl (C=O) groups is 1. The van der Waals surface area contributed by atoms with Gasteiger partial charge in [-0.2, -0.15) is 0 Å². The fourth-order valence-corrected chi connectivity index (χ4v) is 9.42. The first-order valence-corrected chi connectivity index (χ1v) is 20.9. The first-order valence-electron chi connectivity index (χ1n) is 18.9. The first-order chi connectivity index (χ1) is 24.6. The average Bonchev–Trinajstić information content (AvgIpc) is 3.48. The second-order valence-corrected chi connectivity index (χ2v) is 17.9. The number of rotatable bonds is 20. The molecule has 4 rings (SSSR count). The molecule has 2 aromatic carbocycles. The van der Waals surface area contributed by atoms with Crippen molar-refractivity contribution in [2.45, 2.75) is 102 Å². The second-order valence-electron chi connectivity index (χ2n) is 14.8. The number of anilines is 2. The molecule has 1 N–H and O–H groups in total. The minimum Gasteiger partial charge on any atom is -0.377 e. The molecule has 2 heterocycles. The maximum absolute atomic E-state index is 12.5. The fourth-order valence-electron chi connectivity index (χ4n) is 7.70. The first kappa shape index (κ1) is 40.3. The summed E-state index contributed by atoms with van der Waals surface area (Å²) >= 11 is 0. The summed E-state index contributed by atoms with van der Waals surface area (Å²) in [6, 6.07) is 18.7. The zero-order chi connectivity index (χ0) is 36.9. The molecule has 0 saturated carbocycles. The summed E-state index contributed by atoms with van der Waals surface area (Å²) in [6.07, 6.45) is 22.0. The summed E-state index contributed by atoms with van der Waals surface area (Å²) in [7, 11) is 2.25. The summed E-state index contributed by atoms with van der Waals surface area (Å²) in [6.45, 7) is 14.2. The Hall–Kier alpha value is -3.43. The summed E-state index contributed by atoms with van der Waals surface area (Å²) in [5.41, 5.74) is 6.74. The van der Waals surface area contributed by atoms with Gasteiger partial charge in [-0.05, 0) is 55.0 Å². The van der Waals surface area contributed by atoms with Crippen molar-refractivity contribution in [1.82, 2.24) is 5.32 Å². The maximum Gasteiger partial charge on any atom is 0.500 e. The number of nitrogens with zero attached hydrogens (tertiary/aromatic N) is 2. The molecule has 1 amide bonds. The molecule has 0 aliphatic carbocycles. The van der Waals surface area contributed by atoms with Gasteiger partial charge in [-0.1, -0.05) is 120 Å². The Kier molecular flexibility index (Phi) is 14.9. The molecule has 0 aromatic heterocycles. The van der Waals surface area contributed by atoms with E-state index in [9.17, 15) is 4.79 Å². The predicted octanol–water partition coefficient (Wildman–Crippen LogP) is 9.25. The Bertz CT molecular complexity index is 1530. The van der Waals surface area contributed by atoms with Crippen LogP contribution in [-0.2, 0) is 28.9 Å². The van der Waals surface area contributed by atoms with Gasteiger partial charge in [-0.3, -0.25) is 4.79 Å². The maximum atomic E-state index is 12.5. The topological polar surface area (TPSA) is 63.3 Å². The molecule has 0 saturated heterocycles. The molecule has 51 heavy (non-hydrogen) atoms. The van der Waals surface area contributed by atoms with Crippen molar-refractivity contribution in [3.05, 3.63) is 108 Å². The lowest BCUT2D eigenvalue weighted by Crippen LogP contribution is -2.43. The predicted molar refractivity (Wildman–Crippen MR) is 216 cm³/mol. The van der Waals surface area contributed by atoms with E-state index in [4.69, 9.17) is 13.3 Å². The molecule has 7 nitrogen and oxygen atoms in total. The Morgan fingerprint density at radius 3 is 2.14 bits per heavy atom. The molecule has 8 heteroatoms. The van der Waals surface area contributed by atoms with Crippen LogP contribution >= 0.6 is 0 Å². The molecule has 0 fully saturated rings. The summed E-state index contributed by atoms with van der Waals surface area (Å²) in [5.74, 6) is 0.0988. The number of fused-ring (bicyclic) bond motifs is 2. The number of para-hydroxylation sites is 2. The van der Waals surface area contributed by atoms with Gasteiger partial charge in [-0.25, -0.2) is 0 Å². The normalized spacial score (nSPS) is 18.8. The molecule has 278 valence electrons. The van der Waals surface area contributed by atoms with Crippen molar-refractivity contribution >= 4 is 26.1 Å². The molecule has 2 aliphatic rings.